The molecule has 2 aromatic rings. The van der Waals surface area contributed by atoms with E-state index in [2.05, 4.69) is 5.32 Å². The van der Waals surface area contributed by atoms with Gasteiger partial charge in [0.2, 0.25) is 10.0 Å². The molecule has 1 unspecified atom stereocenters. The van der Waals surface area contributed by atoms with E-state index in [1.807, 2.05) is 6.92 Å². The molecule has 2 rings (SSSR count). The standard InChI is InChI=1S/C20H25ClN2O5S/c1-15(13-27-2)22-20(24)14-28-19-10-8-18(9-11-19)23(29(3,25)26)12-16-4-6-17(21)7-5-16/h4-11,15H,12-14H2,1-3H3,(H,22,24). The van der Waals surface area contributed by atoms with E-state index < -0.39 is 10.0 Å². The molecule has 0 fully saturated rings. The number of benzene rings is 2. The van der Waals surface area contributed by atoms with Crippen molar-refractivity contribution in [3.8, 4) is 5.75 Å². The van der Waals surface area contributed by atoms with Gasteiger partial charge in [-0.25, -0.2) is 8.42 Å². The molecule has 1 atom stereocenters. The van der Waals surface area contributed by atoms with Gasteiger partial charge in [0.1, 0.15) is 5.75 Å². The van der Waals surface area contributed by atoms with Gasteiger partial charge in [-0.05, 0) is 48.9 Å². The lowest BCUT2D eigenvalue weighted by molar-refractivity contribution is -0.124. The molecule has 0 aliphatic heterocycles. The second kappa shape index (κ2) is 10.5. The molecule has 2 aromatic carbocycles. The van der Waals surface area contributed by atoms with Crippen molar-refractivity contribution in [2.45, 2.75) is 19.5 Å². The van der Waals surface area contributed by atoms with E-state index in [9.17, 15) is 13.2 Å². The first-order chi connectivity index (χ1) is 13.7. The topological polar surface area (TPSA) is 84.9 Å². The van der Waals surface area contributed by atoms with Crippen LogP contribution in [0.4, 0.5) is 5.69 Å². The number of sulfonamides is 1. The first-order valence-electron chi connectivity index (χ1n) is 8.92. The monoisotopic (exact) mass is 440 g/mol. The number of rotatable bonds is 10. The Morgan fingerprint density at radius 2 is 1.76 bits per heavy atom. The zero-order valence-corrected chi connectivity index (χ0v) is 18.2. The molecule has 7 nitrogen and oxygen atoms in total. The van der Waals surface area contributed by atoms with Gasteiger partial charge in [0.25, 0.3) is 5.91 Å². The third kappa shape index (κ3) is 7.56. The van der Waals surface area contributed by atoms with Gasteiger partial charge in [0, 0.05) is 18.2 Å². The summed E-state index contributed by atoms with van der Waals surface area (Å²) in [5, 5.41) is 3.33. The Balaban J connectivity index is 2.03. The van der Waals surface area contributed by atoms with Gasteiger partial charge in [-0.1, -0.05) is 23.7 Å². The summed E-state index contributed by atoms with van der Waals surface area (Å²) in [6.07, 6.45) is 1.15. The number of hydrogen-bond donors (Lipinski definition) is 1. The molecule has 0 aromatic heterocycles. The van der Waals surface area contributed by atoms with E-state index in [0.29, 0.717) is 23.1 Å². The summed E-state index contributed by atoms with van der Waals surface area (Å²) >= 11 is 5.89. The first kappa shape index (κ1) is 23.0. The largest absolute Gasteiger partial charge is 0.484 e. The molecule has 29 heavy (non-hydrogen) atoms. The summed E-state index contributed by atoms with van der Waals surface area (Å²) < 4.78 is 36.2. The zero-order chi connectivity index (χ0) is 21.4. The van der Waals surface area contributed by atoms with Gasteiger partial charge in [-0.2, -0.15) is 0 Å². The van der Waals surface area contributed by atoms with Crippen molar-refractivity contribution in [2.24, 2.45) is 0 Å². The highest BCUT2D eigenvalue weighted by Crippen LogP contribution is 2.24. The number of amides is 1. The second-order valence-electron chi connectivity index (χ2n) is 6.60. The molecule has 0 bridgehead atoms. The van der Waals surface area contributed by atoms with E-state index in [-0.39, 0.29) is 25.1 Å². The Labute approximate surface area is 176 Å². The van der Waals surface area contributed by atoms with Gasteiger partial charge in [0.15, 0.2) is 6.61 Å². The minimum atomic E-state index is -3.50. The van der Waals surface area contributed by atoms with Crippen molar-refractivity contribution < 1.29 is 22.7 Å². The second-order valence-corrected chi connectivity index (χ2v) is 8.95. The average Bonchev–Trinajstić information content (AvgIpc) is 2.65. The van der Waals surface area contributed by atoms with Crippen molar-refractivity contribution >= 4 is 33.2 Å². The fraction of sp³-hybridized carbons (Fsp3) is 0.350. The van der Waals surface area contributed by atoms with Gasteiger partial charge < -0.3 is 14.8 Å². The van der Waals surface area contributed by atoms with Crippen LogP contribution in [0, 0.1) is 0 Å². The van der Waals surface area contributed by atoms with Crippen LogP contribution in [-0.4, -0.2) is 46.9 Å². The molecule has 1 N–H and O–H groups in total. The summed E-state index contributed by atoms with van der Waals surface area (Å²) in [5.41, 5.74) is 1.30. The van der Waals surface area contributed by atoms with E-state index in [1.165, 1.54) is 4.31 Å². The van der Waals surface area contributed by atoms with Crippen molar-refractivity contribution in [2.75, 3.05) is 30.9 Å². The summed E-state index contributed by atoms with van der Waals surface area (Å²) in [6.45, 7) is 2.27. The predicted octanol–water partition coefficient (Wildman–Crippen LogP) is 2.84. The van der Waals surface area contributed by atoms with Gasteiger partial charge in [0.05, 0.1) is 25.1 Å². The van der Waals surface area contributed by atoms with Crippen LogP contribution in [0.2, 0.25) is 5.02 Å². The molecule has 0 aliphatic rings. The molecule has 1 amide bonds. The minimum Gasteiger partial charge on any atom is -0.484 e. The van der Waals surface area contributed by atoms with E-state index >= 15 is 0 Å². The maximum atomic E-state index is 12.3. The first-order valence-corrected chi connectivity index (χ1v) is 11.1. The van der Waals surface area contributed by atoms with Gasteiger partial charge in [-0.3, -0.25) is 9.10 Å². The molecule has 0 saturated heterocycles. The molecule has 0 heterocycles. The van der Waals surface area contributed by atoms with Crippen LogP contribution in [0.25, 0.3) is 0 Å². The number of carbonyl (C=O) groups excluding carboxylic acids is 1. The number of nitrogens with one attached hydrogen (secondary N) is 1. The average molecular weight is 441 g/mol. The van der Waals surface area contributed by atoms with Crippen LogP contribution >= 0.6 is 11.6 Å². The molecular weight excluding hydrogens is 416 g/mol. The van der Waals surface area contributed by atoms with Crippen LogP contribution in [0.1, 0.15) is 12.5 Å². The highest BCUT2D eigenvalue weighted by molar-refractivity contribution is 7.92. The zero-order valence-electron chi connectivity index (χ0n) is 16.6. The number of hydrogen-bond acceptors (Lipinski definition) is 5. The highest BCUT2D eigenvalue weighted by Gasteiger charge is 2.18. The lowest BCUT2D eigenvalue weighted by Gasteiger charge is -2.23. The summed E-state index contributed by atoms with van der Waals surface area (Å²) in [5.74, 6) is 0.197. The normalized spacial score (nSPS) is 12.3. The molecule has 9 heteroatoms. The summed E-state index contributed by atoms with van der Waals surface area (Å²) in [6, 6.07) is 13.4. The predicted molar refractivity (Wildman–Crippen MR) is 114 cm³/mol. The maximum Gasteiger partial charge on any atom is 0.258 e. The Hall–Kier alpha value is -2.29. The molecule has 0 radical (unpaired) electrons. The van der Waals surface area contributed by atoms with Crippen LogP contribution in [0.5, 0.6) is 5.75 Å². The van der Waals surface area contributed by atoms with Crippen molar-refractivity contribution in [1.29, 1.82) is 0 Å². The van der Waals surface area contributed by atoms with E-state index in [1.54, 1.807) is 55.6 Å². The third-order valence-corrected chi connectivity index (χ3v) is 5.35. The maximum absolute atomic E-state index is 12.3. The lowest BCUT2D eigenvalue weighted by atomic mass is 10.2. The van der Waals surface area contributed by atoms with Crippen LogP contribution < -0.4 is 14.4 Å². The molecule has 158 valence electrons. The Morgan fingerprint density at radius 1 is 1.14 bits per heavy atom. The molecule has 0 spiro atoms. The van der Waals surface area contributed by atoms with Crippen molar-refractivity contribution in [1.82, 2.24) is 5.32 Å². The number of ether oxygens (including phenoxy) is 2. The molecule has 0 aliphatic carbocycles. The van der Waals surface area contributed by atoms with Gasteiger partial charge >= 0.3 is 0 Å². The quantitative estimate of drug-likeness (QED) is 0.614. The number of methoxy groups -OCH3 is 1. The van der Waals surface area contributed by atoms with E-state index in [4.69, 9.17) is 21.1 Å². The van der Waals surface area contributed by atoms with Crippen LogP contribution in [0.15, 0.2) is 48.5 Å². The minimum absolute atomic E-state index is 0.116. The number of halogens is 1. The number of carbonyl (C=O) groups is 1. The third-order valence-electron chi connectivity index (χ3n) is 3.96. The Bertz CT molecular complexity index is 901. The van der Waals surface area contributed by atoms with Crippen molar-refractivity contribution in [3.05, 3.63) is 59.1 Å². The number of nitrogens with zero attached hydrogens (tertiary/aromatic N) is 1. The smallest absolute Gasteiger partial charge is 0.258 e. The highest BCUT2D eigenvalue weighted by atomic mass is 35.5. The fourth-order valence-corrected chi connectivity index (χ4v) is 3.64. The molecular formula is C20H25ClN2O5S. The van der Waals surface area contributed by atoms with Gasteiger partial charge in [-0.15, -0.1) is 0 Å². The fourth-order valence-electron chi connectivity index (χ4n) is 2.62. The number of anilines is 1. The Kier molecular flexibility index (Phi) is 8.31. The Morgan fingerprint density at radius 3 is 2.31 bits per heavy atom. The van der Waals surface area contributed by atoms with E-state index in [0.717, 1.165) is 11.8 Å². The summed E-state index contributed by atoms with van der Waals surface area (Å²) in [4.78, 5) is 11.8. The lowest BCUT2D eigenvalue weighted by Crippen LogP contribution is -2.38. The molecule has 0 saturated carbocycles. The van der Waals surface area contributed by atoms with Crippen LogP contribution in [0.3, 0.4) is 0 Å². The van der Waals surface area contributed by atoms with Crippen LogP contribution in [-0.2, 0) is 26.1 Å². The summed E-state index contributed by atoms with van der Waals surface area (Å²) in [7, 11) is -1.94. The SMILES string of the molecule is COCC(C)NC(=O)COc1ccc(N(Cc2ccc(Cl)cc2)S(C)(=O)=O)cc1. The van der Waals surface area contributed by atoms with Crippen molar-refractivity contribution in [3.63, 3.8) is 0 Å².